The van der Waals surface area contributed by atoms with E-state index in [1.165, 1.54) is 28.4 Å². The van der Waals surface area contributed by atoms with Gasteiger partial charge in [-0.15, -0.1) is 34.7 Å². The summed E-state index contributed by atoms with van der Waals surface area (Å²) in [6, 6.07) is 13.3. The van der Waals surface area contributed by atoms with Crippen molar-refractivity contribution < 1.29 is 13.2 Å². The van der Waals surface area contributed by atoms with E-state index < -0.39 is 11.7 Å². The van der Waals surface area contributed by atoms with E-state index in [0.29, 0.717) is 22.9 Å². The Kier molecular flexibility index (Phi) is 5.95. The maximum atomic E-state index is 12.7. The number of halogens is 4. The highest BCUT2D eigenvalue weighted by Crippen LogP contribution is 2.34. The number of aromatic nitrogens is 1. The molecule has 26 heavy (non-hydrogen) atoms. The molecule has 0 aliphatic rings. The van der Waals surface area contributed by atoms with Crippen molar-refractivity contribution in [3.63, 3.8) is 0 Å². The van der Waals surface area contributed by atoms with E-state index >= 15 is 0 Å². The maximum Gasteiger partial charge on any atom is 0.416 e. The van der Waals surface area contributed by atoms with Crippen LogP contribution in [0.25, 0.3) is 10.6 Å². The van der Waals surface area contributed by atoms with E-state index in [0.717, 1.165) is 28.3 Å². The van der Waals surface area contributed by atoms with E-state index in [4.69, 9.17) is 11.6 Å². The van der Waals surface area contributed by atoms with Crippen LogP contribution < -0.4 is 0 Å². The molecule has 0 spiro atoms. The second kappa shape index (κ2) is 8.03. The lowest BCUT2D eigenvalue weighted by Crippen LogP contribution is -2.03. The Bertz CT molecular complexity index is 871. The lowest BCUT2D eigenvalue weighted by molar-refractivity contribution is -0.137. The third-order valence-corrected chi connectivity index (χ3v) is 6.21. The van der Waals surface area contributed by atoms with Crippen molar-refractivity contribution in [2.75, 3.05) is 6.26 Å². The normalized spacial score (nSPS) is 11.7. The van der Waals surface area contributed by atoms with Gasteiger partial charge in [0, 0.05) is 21.8 Å². The Labute approximate surface area is 163 Å². The van der Waals surface area contributed by atoms with Gasteiger partial charge in [-0.2, -0.15) is 13.2 Å². The van der Waals surface area contributed by atoms with Gasteiger partial charge in [0.05, 0.1) is 17.1 Å². The lowest BCUT2D eigenvalue weighted by atomic mass is 10.1. The summed E-state index contributed by atoms with van der Waals surface area (Å²) < 4.78 is 38.1. The number of alkyl halides is 4. The Morgan fingerprint density at radius 1 is 1.04 bits per heavy atom. The highest BCUT2D eigenvalue weighted by molar-refractivity contribution is 7.98. The number of nitrogens with zero attached hydrogens (tertiary/aromatic N) is 1. The molecule has 0 atom stereocenters. The topological polar surface area (TPSA) is 12.9 Å². The summed E-state index contributed by atoms with van der Waals surface area (Å²) in [6.07, 6.45) is -1.66. The molecule has 0 aliphatic heterocycles. The molecule has 0 bridgehead atoms. The van der Waals surface area contributed by atoms with Gasteiger partial charge in [0.25, 0.3) is 0 Å². The zero-order chi connectivity index (χ0) is 18.7. The standard InChI is InChI=1S/C19H15ClF3NS2/c1-25-15-8-2-12(3-9-15)10-16-17(11-20)26-18(24-16)13-4-6-14(7-5-13)19(21,22)23/h2-9H,10-11H2,1H3. The van der Waals surface area contributed by atoms with Crippen molar-refractivity contribution in [3.05, 3.63) is 70.2 Å². The molecule has 136 valence electrons. The molecule has 2 aromatic carbocycles. The average Bonchev–Trinajstić information content (AvgIpc) is 3.04. The monoisotopic (exact) mass is 413 g/mol. The van der Waals surface area contributed by atoms with Crippen LogP contribution in [0.3, 0.4) is 0 Å². The second-order valence-corrected chi connectivity index (χ2v) is 7.85. The molecule has 1 aromatic heterocycles. The minimum absolute atomic E-state index is 0.330. The summed E-state index contributed by atoms with van der Waals surface area (Å²) in [7, 11) is 0. The molecule has 0 N–H and O–H groups in total. The van der Waals surface area contributed by atoms with Crippen LogP contribution in [-0.4, -0.2) is 11.2 Å². The summed E-state index contributed by atoms with van der Waals surface area (Å²) in [4.78, 5) is 6.76. The van der Waals surface area contributed by atoms with Crippen molar-refractivity contribution in [2.45, 2.75) is 23.4 Å². The fourth-order valence-electron chi connectivity index (χ4n) is 2.49. The van der Waals surface area contributed by atoms with Gasteiger partial charge in [0.2, 0.25) is 0 Å². The number of benzene rings is 2. The SMILES string of the molecule is CSc1ccc(Cc2nc(-c3ccc(C(F)(F)F)cc3)sc2CCl)cc1. The predicted octanol–water partition coefficient (Wildman–Crippen LogP) is 6.88. The van der Waals surface area contributed by atoms with Gasteiger partial charge in [0.1, 0.15) is 5.01 Å². The quantitative estimate of drug-likeness (QED) is 0.334. The highest BCUT2D eigenvalue weighted by atomic mass is 35.5. The number of hydrogen-bond acceptors (Lipinski definition) is 3. The molecule has 7 heteroatoms. The molecule has 0 radical (unpaired) electrons. The number of thioether (sulfide) groups is 1. The minimum Gasteiger partial charge on any atom is -0.240 e. The average molecular weight is 414 g/mol. The van der Waals surface area contributed by atoms with Crippen molar-refractivity contribution >= 4 is 34.7 Å². The smallest absolute Gasteiger partial charge is 0.240 e. The molecule has 3 aromatic rings. The van der Waals surface area contributed by atoms with Gasteiger partial charge in [0.15, 0.2) is 0 Å². The Hall–Kier alpha value is -1.50. The van der Waals surface area contributed by atoms with Gasteiger partial charge in [-0.1, -0.05) is 24.3 Å². The van der Waals surface area contributed by atoms with Gasteiger partial charge < -0.3 is 0 Å². The number of hydrogen-bond donors (Lipinski definition) is 0. The third-order valence-electron chi connectivity index (χ3n) is 3.89. The zero-order valence-corrected chi connectivity index (χ0v) is 16.2. The Balaban J connectivity index is 1.86. The van der Waals surface area contributed by atoms with E-state index in [-0.39, 0.29) is 0 Å². The molecule has 0 aliphatic carbocycles. The Morgan fingerprint density at radius 3 is 2.23 bits per heavy atom. The summed E-state index contributed by atoms with van der Waals surface area (Å²) in [5.41, 5.74) is 2.00. The molecule has 1 heterocycles. The van der Waals surface area contributed by atoms with Crippen LogP contribution in [0.15, 0.2) is 53.4 Å². The van der Waals surface area contributed by atoms with Crippen LogP contribution in [0.1, 0.15) is 21.7 Å². The Morgan fingerprint density at radius 2 is 1.69 bits per heavy atom. The molecular weight excluding hydrogens is 399 g/mol. The van der Waals surface area contributed by atoms with E-state index in [1.807, 2.05) is 6.26 Å². The molecule has 1 nitrogen and oxygen atoms in total. The van der Waals surface area contributed by atoms with Crippen LogP contribution in [0.4, 0.5) is 13.2 Å². The lowest BCUT2D eigenvalue weighted by Gasteiger charge is -2.06. The van der Waals surface area contributed by atoms with Crippen molar-refractivity contribution in [1.82, 2.24) is 4.98 Å². The summed E-state index contributed by atoms with van der Waals surface area (Å²) in [5.74, 6) is 0.330. The van der Waals surface area contributed by atoms with Crippen molar-refractivity contribution in [3.8, 4) is 10.6 Å². The first-order valence-electron chi connectivity index (χ1n) is 7.76. The molecule has 0 fully saturated rings. The number of thiazole rings is 1. The fraction of sp³-hybridized carbons (Fsp3) is 0.211. The minimum atomic E-state index is -4.34. The van der Waals surface area contributed by atoms with Gasteiger partial charge in [-0.05, 0) is 36.1 Å². The van der Waals surface area contributed by atoms with Gasteiger partial charge in [-0.25, -0.2) is 4.98 Å². The predicted molar refractivity (Wildman–Crippen MR) is 103 cm³/mol. The third kappa shape index (κ3) is 4.42. The molecule has 3 rings (SSSR count). The van der Waals surface area contributed by atoms with Crippen LogP contribution in [-0.2, 0) is 18.5 Å². The first-order valence-corrected chi connectivity index (χ1v) is 10.3. The van der Waals surface area contributed by atoms with Crippen molar-refractivity contribution in [1.29, 1.82) is 0 Å². The highest BCUT2D eigenvalue weighted by Gasteiger charge is 2.30. The molecule has 0 saturated carbocycles. The van der Waals surface area contributed by atoms with Crippen LogP contribution >= 0.6 is 34.7 Å². The second-order valence-electron chi connectivity index (χ2n) is 5.62. The van der Waals surface area contributed by atoms with Crippen LogP contribution in [0, 0.1) is 0 Å². The largest absolute Gasteiger partial charge is 0.416 e. The van der Waals surface area contributed by atoms with E-state index in [2.05, 4.69) is 29.2 Å². The molecular formula is C19H15ClF3NS2. The van der Waals surface area contributed by atoms with Crippen LogP contribution in [0.2, 0.25) is 0 Å². The fourth-order valence-corrected chi connectivity index (χ4v) is 4.15. The maximum absolute atomic E-state index is 12.7. The summed E-state index contributed by atoms with van der Waals surface area (Å²) in [6.45, 7) is 0. The van der Waals surface area contributed by atoms with Gasteiger partial charge in [-0.3, -0.25) is 0 Å². The summed E-state index contributed by atoms with van der Waals surface area (Å²) in [5, 5.41) is 0.685. The molecule has 0 unspecified atom stereocenters. The van der Waals surface area contributed by atoms with Crippen molar-refractivity contribution in [2.24, 2.45) is 0 Å². The summed E-state index contributed by atoms with van der Waals surface area (Å²) >= 11 is 9.16. The van der Waals surface area contributed by atoms with E-state index in [1.54, 1.807) is 11.8 Å². The molecule has 0 amide bonds. The van der Waals surface area contributed by atoms with E-state index in [9.17, 15) is 13.2 Å². The molecule has 0 saturated heterocycles. The van der Waals surface area contributed by atoms with Gasteiger partial charge >= 0.3 is 6.18 Å². The number of rotatable bonds is 5. The zero-order valence-electron chi connectivity index (χ0n) is 13.8. The van der Waals surface area contributed by atoms with Crippen LogP contribution in [0.5, 0.6) is 0 Å². The first-order chi connectivity index (χ1) is 12.4. The first kappa shape index (κ1) is 19.3.